The molecule has 2 amide bonds. The molecule has 0 unspecified atom stereocenters. The van der Waals surface area contributed by atoms with E-state index >= 15 is 0 Å². The average Bonchev–Trinajstić information content (AvgIpc) is 3.20. The molecule has 0 bridgehead atoms. The predicted molar refractivity (Wildman–Crippen MR) is 121 cm³/mol. The second-order valence-corrected chi connectivity index (χ2v) is 9.21. The van der Waals surface area contributed by atoms with Crippen LogP contribution >= 0.6 is 11.3 Å². The highest BCUT2D eigenvalue weighted by Gasteiger charge is 2.25. The fraction of sp³-hybridized carbons (Fsp3) is 0.591. The van der Waals surface area contributed by atoms with Crippen molar-refractivity contribution in [3.05, 3.63) is 26.6 Å². The van der Waals surface area contributed by atoms with Crippen molar-refractivity contribution in [3.63, 3.8) is 0 Å². The van der Waals surface area contributed by atoms with Crippen LogP contribution in [0.4, 0.5) is 4.79 Å². The lowest BCUT2D eigenvalue weighted by molar-refractivity contribution is -0.152. The molecule has 1 fully saturated rings. The van der Waals surface area contributed by atoms with Gasteiger partial charge in [0, 0.05) is 37.5 Å². The van der Waals surface area contributed by atoms with Crippen molar-refractivity contribution in [2.24, 2.45) is 0 Å². The molecule has 0 radical (unpaired) electrons. The normalized spacial score (nSPS) is 15.9. The quantitative estimate of drug-likeness (QED) is 0.629. The van der Waals surface area contributed by atoms with Gasteiger partial charge in [0.2, 0.25) is 0 Å². The largest absolute Gasteiger partial charge is 0.456 e. The van der Waals surface area contributed by atoms with Gasteiger partial charge < -0.3 is 24.3 Å². The zero-order chi connectivity index (χ0) is 23.4. The summed E-state index contributed by atoms with van der Waals surface area (Å²) in [6, 6.07) is 0. The lowest BCUT2D eigenvalue weighted by atomic mass is 9.97. The molecular weight excluding hydrogens is 448 g/mol. The summed E-state index contributed by atoms with van der Waals surface area (Å²) in [6.45, 7) is 3.20. The topological polar surface area (TPSA) is 122 Å². The third-order valence-corrected chi connectivity index (χ3v) is 7.14. The molecule has 0 saturated carbocycles. The van der Waals surface area contributed by atoms with E-state index in [4.69, 9.17) is 9.47 Å². The van der Waals surface area contributed by atoms with E-state index in [1.807, 2.05) is 0 Å². The Hall–Kier alpha value is -2.95. The Kier molecular flexibility index (Phi) is 7.26. The SMILES string of the molecule is CCOC(=O)N1CCN(C(=O)COC(=O)CCc2nc3sc4c(c3c(=O)[nH]2)CCCC4)CC1. The van der Waals surface area contributed by atoms with Crippen molar-refractivity contribution in [1.82, 2.24) is 19.8 Å². The number of ether oxygens (including phenoxy) is 2. The summed E-state index contributed by atoms with van der Waals surface area (Å²) < 4.78 is 10.1. The summed E-state index contributed by atoms with van der Waals surface area (Å²) in [5, 5.41) is 0.690. The van der Waals surface area contributed by atoms with Gasteiger partial charge in [0.15, 0.2) is 6.61 Å². The van der Waals surface area contributed by atoms with E-state index in [0.29, 0.717) is 44.0 Å². The van der Waals surface area contributed by atoms with E-state index in [-0.39, 0.29) is 37.0 Å². The van der Waals surface area contributed by atoms with Gasteiger partial charge in [-0.2, -0.15) is 0 Å². The number of nitrogens with zero attached hydrogens (tertiary/aromatic N) is 3. The lowest BCUT2D eigenvalue weighted by Gasteiger charge is -2.33. The van der Waals surface area contributed by atoms with Crippen LogP contribution in [0.15, 0.2) is 4.79 Å². The lowest BCUT2D eigenvalue weighted by Crippen LogP contribution is -2.51. The van der Waals surface area contributed by atoms with Crippen LogP contribution in [0.25, 0.3) is 10.2 Å². The molecule has 1 N–H and O–H groups in total. The number of H-pyrrole nitrogens is 1. The van der Waals surface area contributed by atoms with Crippen molar-refractivity contribution >= 4 is 39.5 Å². The van der Waals surface area contributed by atoms with Gasteiger partial charge in [-0.05, 0) is 38.2 Å². The minimum absolute atomic E-state index is 0.0173. The van der Waals surface area contributed by atoms with E-state index in [1.54, 1.807) is 28.1 Å². The Morgan fingerprint density at radius 1 is 1.06 bits per heavy atom. The molecule has 3 heterocycles. The van der Waals surface area contributed by atoms with Gasteiger partial charge in [-0.15, -0.1) is 11.3 Å². The zero-order valence-electron chi connectivity index (χ0n) is 18.7. The maximum absolute atomic E-state index is 12.6. The minimum atomic E-state index is -0.526. The molecule has 10 nitrogen and oxygen atoms in total. The van der Waals surface area contributed by atoms with Gasteiger partial charge in [-0.25, -0.2) is 9.78 Å². The van der Waals surface area contributed by atoms with Crippen molar-refractivity contribution in [2.45, 2.75) is 45.4 Å². The van der Waals surface area contributed by atoms with Gasteiger partial charge in [0.05, 0.1) is 18.4 Å². The van der Waals surface area contributed by atoms with Crippen molar-refractivity contribution in [1.29, 1.82) is 0 Å². The number of thiophene rings is 1. The number of carbonyl (C=O) groups excluding carboxylic acids is 3. The second kappa shape index (κ2) is 10.3. The van der Waals surface area contributed by atoms with E-state index in [2.05, 4.69) is 9.97 Å². The van der Waals surface area contributed by atoms with Gasteiger partial charge >= 0.3 is 12.1 Å². The third kappa shape index (κ3) is 5.35. The first kappa shape index (κ1) is 23.2. The van der Waals surface area contributed by atoms with Crippen molar-refractivity contribution in [2.75, 3.05) is 39.4 Å². The average molecular weight is 477 g/mol. The third-order valence-electron chi connectivity index (χ3n) is 5.96. The molecule has 0 atom stereocenters. The highest BCUT2D eigenvalue weighted by molar-refractivity contribution is 7.18. The number of fused-ring (bicyclic) bond motifs is 3. The van der Waals surface area contributed by atoms with Gasteiger partial charge in [0.25, 0.3) is 11.5 Å². The maximum Gasteiger partial charge on any atom is 0.409 e. The number of amides is 2. The summed E-state index contributed by atoms with van der Waals surface area (Å²) in [5.74, 6) is -0.379. The highest BCUT2D eigenvalue weighted by Crippen LogP contribution is 2.33. The summed E-state index contributed by atoms with van der Waals surface area (Å²) in [5.41, 5.74) is 0.975. The summed E-state index contributed by atoms with van der Waals surface area (Å²) in [4.78, 5) is 61.2. The smallest absolute Gasteiger partial charge is 0.409 e. The molecule has 0 aromatic carbocycles. The first-order chi connectivity index (χ1) is 16.0. The molecule has 33 heavy (non-hydrogen) atoms. The Labute approximate surface area is 194 Å². The fourth-order valence-electron chi connectivity index (χ4n) is 4.21. The molecule has 2 aliphatic rings. The van der Waals surface area contributed by atoms with Gasteiger partial charge in [0.1, 0.15) is 10.7 Å². The predicted octanol–water partition coefficient (Wildman–Crippen LogP) is 1.64. The van der Waals surface area contributed by atoms with E-state index in [0.717, 1.165) is 36.1 Å². The number of hydrogen-bond acceptors (Lipinski definition) is 8. The number of aryl methyl sites for hydroxylation is 3. The summed E-state index contributed by atoms with van der Waals surface area (Å²) in [6.07, 6.45) is 3.99. The van der Waals surface area contributed by atoms with Crippen LogP contribution in [-0.4, -0.2) is 77.1 Å². The number of nitrogens with one attached hydrogen (secondary N) is 1. The zero-order valence-corrected chi connectivity index (χ0v) is 19.5. The Morgan fingerprint density at radius 2 is 1.79 bits per heavy atom. The number of aromatic amines is 1. The van der Waals surface area contributed by atoms with Gasteiger partial charge in [-0.3, -0.25) is 14.4 Å². The molecule has 1 aliphatic heterocycles. The molecule has 11 heteroatoms. The van der Waals surface area contributed by atoms with Crippen LogP contribution < -0.4 is 5.56 Å². The standard InChI is InChI=1S/C22H28N4O6S/c1-2-31-22(30)26-11-9-25(10-12-26)17(27)13-32-18(28)8-7-16-23-20(29)19-14-5-3-4-6-15(14)33-21(19)24-16/h2-13H2,1H3,(H,23,24,29). The first-order valence-electron chi connectivity index (χ1n) is 11.3. The number of carbonyl (C=O) groups is 3. The number of hydrogen-bond donors (Lipinski definition) is 1. The number of piperazine rings is 1. The Bertz CT molecular complexity index is 1100. The van der Waals surface area contributed by atoms with Crippen LogP contribution in [0.1, 0.15) is 42.5 Å². The minimum Gasteiger partial charge on any atom is -0.456 e. The van der Waals surface area contributed by atoms with E-state index < -0.39 is 5.97 Å². The molecule has 2 aromatic heterocycles. The van der Waals surface area contributed by atoms with Crippen LogP contribution in [-0.2, 0) is 38.3 Å². The monoisotopic (exact) mass is 476 g/mol. The maximum atomic E-state index is 12.6. The van der Waals surface area contributed by atoms with E-state index in [1.165, 1.54) is 4.88 Å². The Balaban J connectivity index is 1.24. The first-order valence-corrected chi connectivity index (χ1v) is 12.2. The second-order valence-electron chi connectivity index (χ2n) is 8.13. The molecule has 1 saturated heterocycles. The van der Waals surface area contributed by atoms with Crippen LogP contribution in [0.3, 0.4) is 0 Å². The van der Waals surface area contributed by atoms with Crippen LogP contribution in [0.2, 0.25) is 0 Å². The molecular formula is C22H28N4O6S. The van der Waals surface area contributed by atoms with E-state index in [9.17, 15) is 19.2 Å². The van der Waals surface area contributed by atoms with Crippen LogP contribution in [0, 0.1) is 0 Å². The molecule has 1 aliphatic carbocycles. The number of esters is 1. The molecule has 0 spiro atoms. The van der Waals surface area contributed by atoms with Crippen molar-refractivity contribution in [3.8, 4) is 0 Å². The molecule has 178 valence electrons. The molecule has 2 aromatic rings. The summed E-state index contributed by atoms with van der Waals surface area (Å²) >= 11 is 1.57. The van der Waals surface area contributed by atoms with Crippen molar-refractivity contribution < 1.29 is 23.9 Å². The molecule has 4 rings (SSSR count). The highest BCUT2D eigenvalue weighted by atomic mass is 32.1. The van der Waals surface area contributed by atoms with Crippen LogP contribution in [0.5, 0.6) is 0 Å². The number of rotatable bonds is 6. The fourth-order valence-corrected chi connectivity index (χ4v) is 5.49. The Morgan fingerprint density at radius 3 is 2.55 bits per heavy atom. The van der Waals surface area contributed by atoms with Gasteiger partial charge in [-0.1, -0.05) is 0 Å². The number of aromatic nitrogens is 2. The summed E-state index contributed by atoms with van der Waals surface area (Å²) in [7, 11) is 0.